The summed E-state index contributed by atoms with van der Waals surface area (Å²) in [5.41, 5.74) is 4.93. The maximum Gasteiger partial charge on any atom is 0.372 e. The first kappa shape index (κ1) is 25.6. The number of carboxylic acids is 1. The van der Waals surface area contributed by atoms with Gasteiger partial charge in [-0.05, 0) is 68.4 Å². The topological polar surface area (TPSA) is 140 Å². The summed E-state index contributed by atoms with van der Waals surface area (Å²) in [5, 5.41) is 31.9. The SMILES string of the molecule is CC(=CCc1ccc(C)c2c(C(=O)c3oc(C(=O)O)c(-c4c(C5CC5)[nH]c5cc(F)ccc45)c3O)c[nH]c12)CO. The number of aryl methyl sites for hydroxylation is 1. The van der Waals surface area contributed by atoms with Gasteiger partial charge in [-0.3, -0.25) is 4.79 Å². The molecule has 0 aliphatic heterocycles. The van der Waals surface area contributed by atoms with Crippen LogP contribution in [0, 0.1) is 12.7 Å². The van der Waals surface area contributed by atoms with Gasteiger partial charge in [0.1, 0.15) is 5.82 Å². The Labute approximate surface area is 227 Å². The van der Waals surface area contributed by atoms with Crippen molar-refractivity contribution in [1.29, 1.82) is 0 Å². The lowest BCUT2D eigenvalue weighted by molar-refractivity contribution is 0.0661. The molecule has 5 aromatic rings. The van der Waals surface area contributed by atoms with Crippen LogP contribution in [-0.4, -0.2) is 43.6 Å². The van der Waals surface area contributed by atoms with E-state index in [0.717, 1.165) is 35.1 Å². The lowest BCUT2D eigenvalue weighted by atomic mass is 9.96. The highest BCUT2D eigenvalue weighted by Gasteiger charge is 2.37. The highest BCUT2D eigenvalue weighted by atomic mass is 19.1. The van der Waals surface area contributed by atoms with Gasteiger partial charge >= 0.3 is 5.97 Å². The number of aromatic amines is 2. The van der Waals surface area contributed by atoms with Crippen LogP contribution in [0.25, 0.3) is 32.9 Å². The highest BCUT2D eigenvalue weighted by Crippen LogP contribution is 2.51. The molecule has 1 aliphatic carbocycles. The van der Waals surface area contributed by atoms with Gasteiger partial charge in [0.05, 0.1) is 17.7 Å². The summed E-state index contributed by atoms with van der Waals surface area (Å²) in [6, 6.07) is 7.93. The Morgan fingerprint density at radius 2 is 1.93 bits per heavy atom. The summed E-state index contributed by atoms with van der Waals surface area (Å²) in [4.78, 5) is 32.5. The number of allylic oxidation sites excluding steroid dienone is 1. The molecule has 0 saturated heterocycles. The number of aliphatic hydroxyl groups is 1. The first-order valence-corrected chi connectivity index (χ1v) is 13.0. The summed E-state index contributed by atoms with van der Waals surface area (Å²) in [6.45, 7) is 3.63. The number of hydrogen-bond acceptors (Lipinski definition) is 5. The summed E-state index contributed by atoms with van der Waals surface area (Å²) in [6.07, 6.45) is 5.68. The molecule has 1 fully saturated rings. The normalized spacial score (nSPS) is 13.9. The van der Waals surface area contributed by atoms with Gasteiger partial charge in [-0.1, -0.05) is 23.8 Å². The molecule has 0 unspecified atom stereocenters. The molecule has 0 radical (unpaired) electrons. The van der Waals surface area contributed by atoms with E-state index in [9.17, 15) is 29.3 Å². The molecule has 1 aliphatic rings. The third-order valence-corrected chi connectivity index (χ3v) is 7.60. The average molecular weight is 543 g/mol. The Bertz CT molecular complexity index is 1870. The van der Waals surface area contributed by atoms with Crippen LogP contribution in [0.5, 0.6) is 5.75 Å². The van der Waals surface area contributed by atoms with Gasteiger partial charge in [0.25, 0.3) is 0 Å². The first-order valence-electron chi connectivity index (χ1n) is 13.0. The third kappa shape index (κ3) is 4.10. The smallest absolute Gasteiger partial charge is 0.372 e. The van der Waals surface area contributed by atoms with Crippen LogP contribution >= 0.6 is 0 Å². The zero-order chi connectivity index (χ0) is 28.3. The van der Waals surface area contributed by atoms with Gasteiger partial charge in [0.2, 0.25) is 17.3 Å². The summed E-state index contributed by atoms with van der Waals surface area (Å²) >= 11 is 0. The van der Waals surface area contributed by atoms with Gasteiger partial charge in [0, 0.05) is 39.3 Å². The number of carboxylic acid groups (broad SMARTS) is 1. The van der Waals surface area contributed by atoms with E-state index in [1.54, 1.807) is 0 Å². The fourth-order valence-corrected chi connectivity index (χ4v) is 5.40. The van der Waals surface area contributed by atoms with Crippen molar-refractivity contribution in [2.75, 3.05) is 6.61 Å². The van der Waals surface area contributed by atoms with Gasteiger partial charge in [0.15, 0.2) is 5.75 Å². The number of furan rings is 1. The second-order valence-corrected chi connectivity index (χ2v) is 10.4. The number of aromatic nitrogens is 2. The minimum atomic E-state index is -1.44. The number of nitrogens with one attached hydrogen (secondary N) is 2. The minimum Gasteiger partial charge on any atom is -0.504 e. The van der Waals surface area contributed by atoms with E-state index in [1.165, 1.54) is 24.4 Å². The lowest BCUT2D eigenvalue weighted by Gasteiger charge is -2.06. The Morgan fingerprint density at radius 3 is 2.62 bits per heavy atom. The molecule has 2 aromatic carbocycles. The number of H-pyrrole nitrogens is 2. The number of aromatic carboxylic acids is 1. The van der Waals surface area contributed by atoms with E-state index in [4.69, 9.17) is 4.42 Å². The van der Waals surface area contributed by atoms with Crippen LogP contribution in [0.2, 0.25) is 0 Å². The van der Waals surface area contributed by atoms with E-state index >= 15 is 0 Å². The molecule has 3 aromatic heterocycles. The number of hydrogen-bond donors (Lipinski definition) is 5. The quantitative estimate of drug-likeness (QED) is 0.114. The molecule has 5 N–H and O–H groups in total. The Morgan fingerprint density at radius 1 is 1.15 bits per heavy atom. The number of carbonyl (C=O) groups excluding carboxylic acids is 1. The molecule has 204 valence electrons. The predicted molar refractivity (Wildman–Crippen MR) is 148 cm³/mol. The maximum atomic E-state index is 14.0. The largest absolute Gasteiger partial charge is 0.504 e. The van der Waals surface area contributed by atoms with Crippen molar-refractivity contribution in [3.8, 4) is 16.9 Å². The Kier molecular flexibility index (Phi) is 6.11. The number of halogens is 1. The summed E-state index contributed by atoms with van der Waals surface area (Å²) in [5.74, 6) is -4.07. The Hall–Kier alpha value is -4.63. The van der Waals surface area contributed by atoms with Crippen molar-refractivity contribution >= 4 is 33.6 Å². The highest BCUT2D eigenvalue weighted by molar-refractivity contribution is 6.19. The molecule has 0 bridgehead atoms. The monoisotopic (exact) mass is 542 g/mol. The number of fused-ring (bicyclic) bond motifs is 2. The number of benzene rings is 2. The van der Waals surface area contributed by atoms with Crippen LogP contribution in [0.4, 0.5) is 4.39 Å². The second-order valence-electron chi connectivity index (χ2n) is 10.4. The predicted octanol–water partition coefficient (Wildman–Crippen LogP) is 6.35. The van der Waals surface area contributed by atoms with Crippen LogP contribution in [-0.2, 0) is 6.42 Å². The van der Waals surface area contributed by atoms with Crippen molar-refractivity contribution in [3.63, 3.8) is 0 Å². The van der Waals surface area contributed by atoms with E-state index in [-0.39, 0.29) is 23.7 Å². The number of rotatable bonds is 8. The third-order valence-electron chi connectivity index (χ3n) is 7.60. The second kappa shape index (κ2) is 9.53. The fourth-order valence-electron chi connectivity index (χ4n) is 5.40. The van der Waals surface area contributed by atoms with Gasteiger partial charge in [-0.15, -0.1) is 0 Å². The van der Waals surface area contributed by atoms with Crippen molar-refractivity contribution in [3.05, 3.63) is 87.9 Å². The summed E-state index contributed by atoms with van der Waals surface area (Å²) in [7, 11) is 0. The van der Waals surface area contributed by atoms with E-state index in [0.29, 0.717) is 34.0 Å². The molecular weight excluding hydrogens is 515 g/mol. The number of carbonyl (C=O) groups is 2. The van der Waals surface area contributed by atoms with Crippen molar-refractivity contribution in [1.82, 2.24) is 9.97 Å². The lowest BCUT2D eigenvalue weighted by Crippen LogP contribution is -2.00. The summed E-state index contributed by atoms with van der Waals surface area (Å²) < 4.78 is 19.6. The Balaban J connectivity index is 1.52. The minimum absolute atomic E-state index is 0.0523. The standard InChI is InChI=1S/C31H27FN2O6/c1-14(13-35)3-5-16-6-4-15(2)22-20(12-33-25(16)22)27(36)30-28(37)24(29(40-30)31(38)39)23-19-10-9-18(32)11-21(19)34-26(23)17-7-8-17/h3-4,6,9-12,17,33-35,37H,5,7-8,13H2,1-2H3,(H,38,39). The molecule has 9 heteroatoms. The molecule has 1 saturated carbocycles. The molecular formula is C31H27FN2O6. The number of ketones is 1. The molecule has 40 heavy (non-hydrogen) atoms. The maximum absolute atomic E-state index is 14.0. The molecule has 0 amide bonds. The average Bonchev–Trinajstić information content (AvgIpc) is 3.42. The molecule has 8 nitrogen and oxygen atoms in total. The fraction of sp³-hybridized carbons (Fsp3) is 0.226. The van der Waals surface area contributed by atoms with Gasteiger partial charge in [-0.25, -0.2) is 9.18 Å². The van der Waals surface area contributed by atoms with E-state index in [1.807, 2.05) is 32.1 Å². The first-order chi connectivity index (χ1) is 19.2. The molecule has 6 rings (SSSR count). The van der Waals surface area contributed by atoms with Crippen molar-refractivity contribution in [2.24, 2.45) is 0 Å². The zero-order valence-electron chi connectivity index (χ0n) is 21.9. The number of aromatic hydroxyl groups is 1. The van der Waals surface area contributed by atoms with Gasteiger partial charge in [-0.2, -0.15) is 0 Å². The van der Waals surface area contributed by atoms with Crippen LogP contribution < -0.4 is 0 Å². The molecule has 0 atom stereocenters. The molecule has 3 heterocycles. The van der Waals surface area contributed by atoms with Crippen molar-refractivity contribution < 1.29 is 33.7 Å². The van der Waals surface area contributed by atoms with Crippen molar-refractivity contribution in [2.45, 2.75) is 39.0 Å². The van der Waals surface area contributed by atoms with Crippen LogP contribution in [0.1, 0.15) is 69.2 Å². The van der Waals surface area contributed by atoms with E-state index in [2.05, 4.69) is 9.97 Å². The van der Waals surface area contributed by atoms with E-state index < -0.39 is 34.8 Å². The van der Waals surface area contributed by atoms with Gasteiger partial charge < -0.3 is 29.7 Å². The van der Waals surface area contributed by atoms with Crippen LogP contribution in [0.3, 0.4) is 0 Å². The molecule has 0 spiro atoms. The zero-order valence-corrected chi connectivity index (χ0v) is 21.9. The number of aliphatic hydroxyl groups excluding tert-OH is 1. The van der Waals surface area contributed by atoms with Crippen LogP contribution in [0.15, 0.2) is 52.6 Å².